The van der Waals surface area contributed by atoms with Crippen LogP contribution in [0.5, 0.6) is 11.5 Å². The smallest absolute Gasteiger partial charge is 0.157 e. The van der Waals surface area contributed by atoms with Crippen molar-refractivity contribution in [2.75, 3.05) is 0 Å². The van der Waals surface area contributed by atoms with Gasteiger partial charge in [-0.1, -0.05) is 6.07 Å². The third kappa shape index (κ3) is 3.66. The lowest BCUT2D eigenvalue weighted by Gasteiger charge is -2.14. The summed E-state index contributed by atoms with van der Waals surface area (Å²) >= 11 is 20.9. The van der Waals surface area contributed by atoms with E-state index in [9.17, 15) is 0 Å². The van der Waals surface area contributed by atoms with E-state index in [1.165, 1.54) is 0 Å². The molecule has 0 atom stereocenters. The fourth-order valence-corrected chi connectivity index (χ4v) is 5.06. The minimum Gasteiger partial charge on any atom is -0.453 e. The first-order chi connectivity index (χ1) is 8.91. The molecule has 1 nitrogen and oxygen atoms in total. The van der Waals surface area contributed by atoms with Gasteiger partial charge < -0.3 is 4.74 Å². The average molecular weight is 644 g/mol. The van der Waals surface area contributed by atoms with Crippen LogP contribution in [0.3, 0.4) is 0 Å². The van der Waals surface area contributed by atoms with E-state index in [1.807, 2.05) is 24.3 Å². The van der Waals surface area contributed by atoms with E-state index in [2.05, 4.69) is 95.6 Å². The molecule has 7 heteroatoms. The third-order valence-electron chi connectivity index (χ3n) is 2.20. The highest BCUT2D eigenvalue weighted by atomic mass is 79.9. The molecule has 2 aromatic carbocycles. The highest BCUT2D eigenvalue weighted by Crippen LogP contribution is 2.47. The predicted molar refractivity (Wildman–Crippen MR) is 99.2 cm³/mol. The molecule has 100 valence electrons. The Balaban J connectivity index is 2.53. The molecule has 2 aromatic rings. The van der Waals surface area contributed by atoms with Crippen molar-refractivity contribution < 1.29 is 4.74 Å². The normalized spacial score (nSPS) is 10.6. The minimum atomic E-state index is 0.697. The minimum absolute atomic E-state index is 0.697. The van der Waals surface area contributed by atoms with Crippen molar-refractivity contribution >= 4 is 95.6 Å². The summed E-state index contributed by atoms with van der Waals surface area (Å²) in [6.07, 6.45) is 0. The molecule has 0 amide bonds. The number of rotatable bonds is 2. The molecular weight excluding hydrogens is 640 g/mol. The standard InChI is InChI=1S/C12H4Br6O/c13-5-2-1-3-6(14)11(5)19-12-8(16)4-7(15)9(17)10(12)18/h1-4H. The molecular formula is C12H4Br6O. The summed E-state index contributed by atoms with van der Waals surface area (Å²) in [4.78, 5) is 0. The zero-order valence-electron chi connectivity index (χ0n) is 8.99. The summed E-state index contributed by atoms with van der Waals surface area (Å²) in [6.45, 7) is 0. The van der Waals surface area contributed by atoms with Crippen molar-refractivity contribution in [1.82, 2.24) is 0 Å². The summed E-state index contributed by atoms with van der Waals surface area (Å²) in [7, 11) is 0. The van der Waals surface area contributed by atoms with Crippen LogP contribution >= 0.6 is 95.6 Å². The first kappa shape index (κ1) is 16.5. The Morgan fingerprint density at radius 1 is 0.632 bits per heavy atom. The number of ether oxygens (including phenoxy) is 1. The summed E-state index contributed by atoms with van der Waals surface area (Å²) in [5.41, 5.74) is 0. The molecule has 0 radical (unpaired) electrons. The molecule has 0 aliphatic rings. The zero-order chi connectivity index (χ0) is 14.2. The van der Waals surface area contributed by atoms with Gasteiger partial charge in [0, 0.05) is 8.95 Å². The average Bonchev–Trinajstić information content (AvgIpc) is 2.35. The van der Waals surface area contributed by atoms with E-state index in [0.29, 0.717) is 5.75 Å². The fraction of sp³-hybridized carbons (Fsp3) is 0. The Bertz CT molecular complexity index is 620. The van der Waals surface area contributed by atoms with Crippen LogP contribution < -0.4 is 4.74 Å². The quantitative estimate of drug-likeness (QED) is 0.238. The molecule has 0 fully saturated rings. The maximum atomic E-state index is 6.00. The van der Waals surface area contributed by atoms with Gasteiger partial charge in [0.05, 0.1) is 17.9 Å². The first-order valence-electron chi connectivity index (χ1n) is 4.86. The van der Waals surface area contributed by atoms with Gasteiger partial charge in [-0.15, -0.1) is 0 Å². The number of hydrogen-bond donors (Lipinski definition) is 0. The van der Waals surface area contributed by atoms with Crippen molar-refractivity contribution in [2.24, 2.45) is 0 Å². The molecule has 2 rings (SSSR count). The highest BCUT2D eigenvalue weighted by molar-refractivity contribution is 9.14. The van der Waals surface area contributed by atoms with Gasteiger partial charge in [-0.25, -0.2) is 0 Å². The molecule has 0 saturated heterocycles. The second-order valence-electron chi connectivity index (χ2n) is 3.45. The molecule has 0 unspecified atom stereocenters. The lowest BCUT2D eigenvalue weighted by atomic mass is 10.3. The Kier molecular flexibility index (Phi) is 6.01. The van der Waals surface area contributed by atoms with Crippen molar-refractivity contribution in [3.63, 3.8) is 0 Å². The Hall–Kier alpha value is 1.12. The monoisotopic (exact) mass is 638 g/mol. The number of hydrogen-bond acceptors (Lipinski definition) is 1. The number of benzene rings is 2. The first-order valence-corrected chi connectivity index (χ1v) is 9.62. The molecule has 0 heterocycles. The van der Waals surface area contributed by atoms with Gasteiger partial charge in [0.15, 0.2) is 11.5 Å². The van der Waals surface area contributed by atoms with Crippen LogP contribution in [0, 0.1) is 0 Å². The Labute approximate surface area is 161 Å². The van der Waals surface area contributed by atoms with Crippen molar-refractivity contribution in [2.45, 2.75) is 0 Å². The predicted octanol–water partition coefficient (Wildman–Crippen LogP) is 8.05. The maximum Gasteiger partial charge on any atom is 0.157 e. The van der Waals surface area contributed by atoms with E-state index < -0.39 is 0 Å². The van der Waals surface area contributed by atoms with Gasteiger partial charge in [-0.05, 0) is 114 Å². The maximum absolute atomic E-state index is 6.00. The lowest BCUT2D eigenvalue weighted by molar-refractivity contribution is 0.470. The molecule has 0 aromatic heterocycles. The van der Waals surface area contributed by atoms with Crippen LogP contribution in [0.4, 0.5) is 0 Å². The van der Waals surface area contributed by atoms with E-state index in [-0.39, 0.29) is 0 Å². The SMILES string of the molecule is Brc1cc(Br)c(Oc2c(Br)cccc2Br)c(Br)c1Br. The van der Waals surface area contributed by atoms with Crippen molar-refractivity contribution in [3.8, 4) is 11.5 Å². The lowest BCUT2D eigenvalue weighted by Crippen LogP contribution is -1.91. The largest absolute Gasteiger partial charge is 0.453 e. The molecule has 19 heavy (non-hydrogen) atoms. The van der Waals surface area contributed by atoms with E-state index in [4.69, 9.17) is 4.74 Å². The van der Waals surface area contributed by atoms with Crippen LogP contribution in [0.2, 0.25) is 0 Å². The molecule has 0 aliphatic carbocycles. The second kappa shape index (κ2) is 6.92. The number of halogens is 6. The summed E-state index contributed by atoms with van der Waals surface area (Å²) < 4.78 is 11.3. The van der Waals surface area contributed by atoms with Gasteiger partial charge in [-0.2, -0.15) is 0 Å². The van der Waals surface area contributed by atoms with Gasteiger partial charge in [0.1, 0.15) is 0 Å². The Morgan fingerprint density at radius 2 is 1.21 bits per heavy atom. The van der Waals surface area contributed by atoms with Gasteiger partial charge in [0.2, 0.25) is 0 Å². The molecule has 0 aliphatic heterocycles. The van der Waals surface area contributed by atoms with Crippen LogP contribution in [-0.4, -0.2) is 0 Å². The highest BCUT2D eigenvalue weighted by Gasteiger charge is 2.17. The molecule has 0 spiro atoms. The van der Waals surface area contributed by atoms with E-state index in [1.54, 1.807) is 0 Å². The van der Waals surface area contributed by atoms with Crippen molar-refractivity contribution in [1.29, 1.82) is 0 Å². The fourth-order valence-electron chi connectivity index (χ4n) is 1.33. The Morgan fingerprint density at radius 3 is 1.79 bits per heavy atom. The topological polar surface area (TPSA) is 9.23 Å². The van der Waals surface area contributed by atoms with Crippen LogP contribution in [0.25, 0.3) is 0 Å². The van der Waals surface area contributed by atoms with E-state index >= 15 is 0 Å². The molecule has 0 bridgehead atoms. The molecule has 0 saturated carbocycles. The van der Waals surface area contributed by atoms with Gasteiger partial charge in [-0.3, -0.25) is 0 Å². The zero-order valence-corrected chi connectivity index (χ0v) is 18.5. The van der Waals surface area contributed by atoms with Gasteiger partial charge >= 0.3 is 0 Å². The summed E-state index contributed by atoms with van der Waals surface area (Å²) in [6, 6.07) is 7.71. The summed E-state index contributed by atoms with van der Waals surface area (Å²) in [5, 5.41) is 0. The summed E-state index contributed by atoms with van der Waals surface area (Å²) in [5.74, 6) is 1.42. The van der Waals surface area contributed by atoms with E-state index in [0.717, 1.165) is 32.6 Å². The van der Waals surface area contributed by atoms with Crippen LogP contribution in [-0.2, 0) is 0 Å². The van der Waals surface area contributed by atoms with Crippen LogP contribution in [0.15, 0.2) is 51.1 Å². The molecule has 0 N–H and O–H groups in total. The van der Waals surface area contributed by atoms with Crippen molar-refractivity contribution in [3.05, 3.63) is 51.1 Å². The van der Waals surface area contributed by atoms with Crippen LogP contribution in [0.1, 0.15) is 0 Å². The third-order valence-corrected chi connectivity index (χ3v) is 7.30. The van der Waals surface area contributed by atoms with Gasteiger partial charge in [0.25, 0.3) is 0 Å². The number of para-hydroxylation sites is 1. The second-order valence-corrected chi connectivity index (χ2v) is 8.45.